The van der Waals surface area contributed by atoms with E-state index in [1.54, 1.807) is 11.3 Å². The van der Waals surface area contributed by atoms with Gasteiger partial charge in [-0.25, -0.2) is 14.5 Å². The van der Waals surface area contributed by atoms with Gasteiger partial charge in [-0.05, 0) is 60.5 Å². The number of aromatic nitrogens is 4. The minimum absolute atomic E-state index is 0.519. The Hall–Kier alpha value is -1.27. The number of aryl methyl sites for hydroxylation is 3. The van der Waals surface area contributed by atoms with Gasteiger partial charge in [-0.3, -0.25) is 0 Å². The minimum Gasteiger partial charge on any atom is -0.234 e. The molecular weight excluding hydrogens is 396 g/mol. The van der Waals surface area contributed by atoms with E-state index in [-0.39, 0.29) is 0 Å². The van der Waals surface area contributed by atoms with Crippen LogP contribution in [0, 0.1) is 6.92 Å². The van der Waals surface area contributed by atoms with Crippen LogP contribution in [0.25, 0.3) is 16.2 Å². The molecule has 0 fully saturated rings. The lowest BCUT2D eigenvalue weighted by Crippen LogP contribution is -2.06. The normalized spacial score (nSPS) is 11.8. The highest BCUT2D eigenvalue weighted by Gasteiger charge is 2.23. The van der Waals surface area contributed by atoms with Crippen molar-refractivity contribution < 1.29 is 0 Å². The van der Waals surface area contributed by atoms with E-state index in [1.807, 2.05) is 0 Å². The Labute approximate surface area is 161 Å². The van der Waals surface area contributed by atoms with Crippen LogP contribution in [0.15, 0.2) is 9.98 Å². The van der Waals surface area contributed by atoms with Crippen LogP contribution in [0.4, 0.5) is 0 Å². The van der Waals surface area contributed by atoms with E-state index in [0.717, 1.165) is 62.9 Å². The van der Waals surface area contributed by atoms with E-state index in [2.05, 4.69) is 66.1 Å². The van der Waals surface area contributed by atoms with Gasteiger partial charge in [0.2, 0.25) is 0 Å². The Morgan fingerprint density at radius 3 is 2.36 bits per heavy atom. The van der Waals surface area contributed by atoms with Crippen LogP contribution in [-0.4, -0.2) is 19.6 Å². The number of thiazole rings is 1. The van der Waals surface area contributed by atoms with Gasteiger partial charge in [0.1, 0.15) is 5.69 Å². The van der Waals surface area contributed by atoms with Crippen LogP contribution in [0.5, 0.6) is 0 Å². The monoisotopic (exact) mass is 420 g/mol. The summed E-state index contributed by atoms with van der Waals surface area (Å²) in [6.45, 7) is 10.9. The zero-order valence-electron chi connectivity index (χ0n) is 15.6. The third-order valence-electron chi connectivity index (χ3n) is 4.84. The summed E-state index contributed by atoms with van der Waals surface area (Å²) in [5, 5.41) is 4.92. The molecule has 0 spiro atoms. The van der Waals surface area contributed by atoms with Crippen molar-refractivity contribution in [2.45, 2.75) is 66.2 Å². The number of halogens is 1. The summed E-state index contributed by atoms with van der Waals surface area (Å²) in [7, 11) is 0. The van der Waals surface area contributed by atoms with Gasteiger partial charge in [0, 0.05) is 5.56 Å². The van der Waals surface area contributed by atoms with E-state index >= 15 is 0 Å². The second-order valence-electron chi connectivity index (χ2n) is 6.34. The van der Waals surface area contributed by atoms with Crippen LogP contribution in [-0.2, 0) is 12.8 Å². The maximum atomic E-state index is 5.01. The second kappa shape index (κ2) is 7.54. The van der Waals surface area contributed by atoms with Crippen LogP contribution in [0.1, 0.15) is 69.1 Å². The highest BCUT2D eigenvalue weighted by atomic mass is 79.9. The summed E-state index contributed by atoms with van der Waals surface area (Å²) in [4.78, 5) is 10.7. The Balaban J connectivity index is 2.37. The van der Waals surface area contributed by atoms with Crippen LogP contribution < -0.4 is 0 Å². The Kier molecular flexibility index (Phi) is 5.58. The summed E-state index contributed by atoms with van der Waals surface area (Å²) in [5.74, 6) is 0.519. The number of fused-ring (bicyclic) bond motifs is 1. The molecule has 0 radical (unpaired) electrons. The standard InChI is InChI=1S/C19H25BrN4S/c1-6-12(7-2)14-10-13(8-3)23-24-16(15(9-4)22-18(14)24)17-11(5)21-19(20)25-17/h10,12H,6-9H2,1-5H3. The predicted octanol–water partition coefficient (Wildman–Crippen LogP) is 5.95. The molecule has 0 bridgehead atoms. The molecule has 0 N–H and O–H groups in total. The molecule has 0 aromatic carbocycles. The molecule has 3 aromatic rings. The number of imidazole rings is 1. The highest BCUT2D eigenvalue weighted by molar-refractivity contribution is 9.11. The predicted molar refractivity (Wildman–Crippen MR) is 109 cm³/mol. The fraction of sp³-hybridized carbons (Fsp3) is 0.526. The lowest BCUT2D eigenvalue weighted by atomic mass is 9.94. The number of nitrogens with zero attached hydrogens (tertiary/aromatic N) is 4. The molecule has 134 valence electrons. The van der Waals surface area contributed by atoms with Gasteiger partial charge in [-0.1, -0.05) is 27.7 Å². The zero-order valence-corrected chi connectivity index (χ0v) is 18.0. The first-order valence-corrected chi connectivity index (χ1v) is 10.7. The number of hydrogen-bond acceptors (Lipinski definition) is 4. The average molecular weight is 421 g/mol. The van der Waals surface area contributed by atoms with E-state index in [0.29, 0.717) is 5.92 Å². The molecule has 0 aliphatic heterocycles. The molecule has 0 atom stereocenters. The van der Waals surface area contributed by atoms with Crippen molar-refractivity contribution in [3.05, 3.63) is 32.6 Å². The number of hydrogen-bond donors (Lipinski definition) is 0. The molecule has 25 heavy (non-hydrogen) atoms. The van der Waals surface area contributed by atoms with Crippen LogP contribution in [0.2, 0.25) is 0 Å². The van der Waals surface area contributed by atoms with Gasteiger partial charge >= 0.3 is 0 Å². The zero-order chi connectivity index (χ0) is 18.1. The van der Waals surface area contributed by atoms with Crippen molar-refractivity contribution in [2.24, 2.45) is 0 Å². The molecule has 0 saturated carbocycles. The van der Waals surface area contributed by atoms with Crippen LogP contribution in [0.3, 0.4) is 0 Å². The Morgan fingerprint density at radius 1 is 1.12 bits per heavy atom. The minimum atomic E-state index is 0.519. The lowest BCUT2D eigenvalue weighted by Gasteiger charge is -2.15. The summed E-state index contributed by atoms with van der Waals surface area (Å²) >= 11 is 5.19. The maximum absolute atomic E-state index is 5.01. The quantitative estimate of drug-likeness (QED) is 0.494. The Morgan fingerprint density at radius 2 is 1.84 bits per heavy atom. The molecule has 0 unspecified atom stereocenters. The molecule has 4 nitrogen and oxygen atoms in total. The van der Waals surface area contributed by atoms with E-state index in [1.165, 1.54) is 5.56 Å². The van der Waals surface area contributed by atoms with Crippen molar-refractivity contribution in [1.29, 1.82) is 0 Å². The Bertz CT molecular complexity index is 893. The SMILES string of the molecule is CCc1cc(C(CC)CC)c2nc(CC)c(-c3sc(Br)nc3C)n2n1. The topological polar surface area (TPSA) is 43.1 Å². The molecule has 0 amide bonds. The van der Waals surface area contributed by atoms with Gasteiger partial charge in [-0.15, -0.1) is 11.3 Å². The highest BCUT2D eigenvalue weighted by Crippen LogP contribution is 2.37. The third kappa shape index (κ3) is 3.26. The van der Waals surface area contributed by atoms with Gasteiger partial charge < -0.3 is 0 Å². The van der Waals surface area contributed by atoms with Gasteiger partial charge in [-0.2, -0.15) is 5.10 Å². The van der Waals surface area contributed by atoms with Crippen molar-refractivity contribution in [1.82, 2.24) is 19.6 Å². The third-order valence-corrected chi connectivity index (χ3v) is 6.46. The molecule has 0 saturated heterocycles. The number of rotatable bonds is 6. The first-order valence-electron chi connectivity index (χ1n) is 9.08. The average Bonchev–Trinajstić information content (AvgIpc) is 3.14. The van der Waals surface area contributed by atoms with E-state index in [9.17, 15) is 0 Å². The van der Waals surface area contributed by atoms with E-state index < -0.39 is 0 Å². The fourth-order valence-electron chi connectivity index (χ4n) is 3.40. The first kappa shape index (κ1) is 18.5. The summed E-state index contributed by atoms with van der Waals surface area (Å²) in [6.07, 6.45) is 4.05. The van der Waals surface area contributed by atoms with Crippen LogP contribution >= 0.6 is 27.3 Å². The maximum Gasteiger partial charge on any atom is 0.159 e. The van der Waals surface area contributed by atoms with Gasteiger partial charge in [0.25, 0.3) is 0 Å². The van der Waals surface area contributed by atoms with Crippen molar-refractivity contribution in [3.8, 4) is 10.6 Å². The van der Waals surface area contributed by atoms with Crippen molar-refractivity contribution in [3.63, 3.8) is 0 Å². The largest absolute Gasteiger partial charge is 0.234 e. The fourth-order valence-corrected chi connectivity index (χ4v) is 5.00. The second-order valence-corrected chi connectivity index (χ2v) is 8.61. The molecule has 0 aliphatic carbocycles. The summed E-state index contributed by atoms with van der Waals surface area (Å²) in [5.41, 5.74) is 6.71. The summed E-state index contributed by atoms with van der Waals surface area (Å²) in [6, 6.07) is 2.26. The molecule has 3 aromatic heterocycles. The molecular formula is C19H25BrN4S. The molecule has 6 heteroatoms. The van der Waals surface area contributed by atoms with Crippen molar-refractivity contribution >= 4 is 32.9 Å². The summed E-state index contributed by atoms with van der Waals surface area (Å²) < 4.78 is 2.99. The molecule has 0 aliphatic rings. The molecule has 3 heterocycles. The van der Waals surface area contributed by atoms with Gasteiger partial charge in [0.15, 0.2) is 9.56 Å². The van der Waals surface area contributed by atoms with Gasteiger partial charge in [0.05, 0.1) is 22.0 Å². The lowest BCUT2D eigenvalue weighted by molar-refractivity contribution is 0.637. The van der Waals surface area contributed by atoms with E-state index in [4.69, 9.17) is 10.1 Å². The first-order chi connectivity index (χ1) is 12.0. The smallest absolute Gasteiger partial charge is 0.159 e. The molecule has 3 rings (SSSR count). The van der Waals surface area contributed by atoms with Crippen molar-refractivity contribution in [2.75, 3.05) is 0 Å².